The van der Waals surface area contributed by atoms with E-state index in [0.29, 0.717) is 0 Å². The Labute approximate surface area is 150 Å². The van der Waals surface area contributed by atoms with Crippen LogP contribution in [-0.2, 0) is 9.47 Å². The minimum Gasteiger partial charge on any atom is -0.431 e. The summed E-state index contributed by atoms with van der Waals surface area (Å²) in [6.45, 7) is 8.61. The highest BCUT2D eigenvalue weighted by Crippen LogP contribution is 2.16. The van der Waals surface area contributed by atoms with Crippen LogP contribution < -0.4 is 0 Å². The van der Waals surface area contributed by atoms with Crippen molar-refractivity contribution in [2.75, 3.05) is 0 Å². The summed E-state index contributed by atoms with van der Waals surface area (Å²) in [7, 11) is 0. The predicted molar refractivity (Wildman–Crippen MR) is 102 cm³/mol. The number of unbranched alkanes of at least 4 members (excludes halogenated alkanes) is 8. The van der Waals surface area contributed by atoms with E-state index in [9.17, 15) is 4.79 Å². The molecule has 0 aromatic rings. The first-order chi connectivity index (χ1) is 11.7. The van der Waals surface area contributed by atoms with Gasteiger partial charge in [0.2, 0.25) is 0 Å². The Hall–Kier alpha value is -0.730. The van der Waals surface area contributed by atoms with Crippen LogP contribution in [0.2, 0.25) is 0 Å². The first-order valence-electron chi connectivity index (χ1n) is 10.5. The van der Waals surface area contributed by atoms with Gasteiger partial charge in [-0.25, -0.2) is 4.79 Å². The van der Waals surface area contributed by atoms with E-state index >= 15 is 0 Å². The highest BCUT2D eigenvalue weighted by atomic mass is 16.7. The van der Waals surface area contributed by atoms with Crippen LogP contribution in [0.25, 0.3) is 0 Å². The fourth-order valence-electron chi connectivity index (χ4n) is 2.94. The highest BCUT2D eigenvalue weighted by Gasteiger charge is 2.17. The summed E-state index contributed by atoms with van der Waals surface area (Å²) < 4.78 is 11.0. The lowest BCUT2D eigenvalue weighted by Gasteiger charge is -2.20. The Bertz CT molecular complexity index is 252. The summed E-state index contributed by atoms with van der Waals surface area (Å²) in [6, 6.07) is 0. The molecule has 0 aliphatic carbocycles. The largest absolute Gasteiger partial charge is 0.508 e. The molecule has 0 saturated heterocycles. The summed E-state index contributed by atoms with van der Waals surface area (Å²) in [5, 5.41) is 0. The van der Waals surface area contributed by atoms with Gasteiger partial charge in [0.05, 0.1) is 0 Å². The third kappa shape index (κ3) is 13.7. The van der Waals surface area contributed by atoms with Crippen molar-refractivity contribution in [3.63, 3.8) is 0 Å². The smallest absolute Gasteiger partial charge is 0.431 e. The molecule has 2 atom stereocenters. The van der Waals surface area contributed by atoms with Crippen LogP contribution in [0.4, 0.5) is 4.79 Å². The second kappa shape index (κ2) is 17.1. The molecule has 0 aromatic carbocycles. The van der Waals surface area contributed by atoms with Crippen LogP contribution in [0, 0.1) is 0 Å². The van der Waals surface area contributed by atoms with E-state index in [2.05, 4.69) is 27.7 Å². The van der Waals surface area contributed by atoms with Crippen molar-refractivity contribution in [1.82, 2.24) is 0 Å². The van der Waals surface area contributed by atoms with Crippen LogP contribution in [0.15, 0.2) is 0 Å². The molecule has 0 aliphatic heterocycles. The Morgan fingerprint density at radius 2 is 1.00 bits per heavy atom. The maximum Gasteiger partial charge on any atom is 0.508 e. The number of carbonyl (C=O) groups is 1. The van der Waals surface area contributed by atoms with Crippen LogP contribution in [0.1, 0.15) is 118 Å². The monoisotopic (exact) mass is 342 g/mol. The van der Waals surface area contributed by atoms with Gasteiger partial charge in [0.15, 0.2) is 0 Å². The molecule has 24 heavy (non-hydrogen) atoms. The molecular formula is C21H42O3. The summed E-state index contributed by atoms with van der Waals surface area (Å²) in [6.07, 6.45) is 15.7. The molecule has 0 rings (SSSR count). The number of hydrogen-bond acceptors (Lipinski definition) is 3. The van der Waals surface area contributed by atoms with Gasteiger partial charge in [0.25, 0.3) is 0 Å². The summed E-state index contributed by atoms with van der Waals surface area (Å²) in [5.74, 6) is 0. The fraction of sp³-hybridized carbons (Fsp3) is 0.952. The number of carbonyl (C=O) groups excluding carboxylic acids is 1. The molecule has 0 saturated carbocycles. The Morgan fingerprint density at radius 3 is 1.33 bits per heavy atom. The van der Waals surface area contributed by atoms with Crippen molar-refractivity contribution < 1.29 is 14.3 Å². The molecule has 0 N–H and O–H groups in total. The van der Waals surface area contributed by atoms with Crippen molar-refractivity contribution in [1.29, 1.82) is 0 Å². The van der Waals surface area contributed by atoms with Crippen LogP contribution in [-0.4, -0.2) is 18.4 Å². The van der Waals surface area contributed by atoms with Crippen molar-refractivity contribution in [3.8, 4) is 0 Å². The summed E-state index contributed by atoms with van der Waals surface area (Å²) in [4.78, 5) is 12.0. The van der Waals surface area contributed by atoms with E-state index in [1.165, 1.54) is 51.4 Å². The molecule has 0 radical (unpaired) electrons. The average molecular weight is 343 g/mol. The normalized spacial score (nSPS) is 13.5. The first-order valence-corrected chi connectivity index (χ1v) is 10.5. The zero-order chi connectivity index (χ0) is 18.0. The van der Waals surface area contributed by atoms with Gasteiger partial charge in [-0.15, -0.1) is 0 Å². The Morgan fingerprint density at radius 1 is 0.625 bits per heavy atom. The van der Waals surface area contributed by atoms with Gasteiger partial charge < -0.3 is 9.47 Å². The lowest BCUT2D eigenvalue weighted by molar-refractivity contribution is -0.00867. The van der Waals surface area contributed by atoms with Crippen molar-refractivity contribution in [2.24, 2.45) is 0 Å². The molecule has 2 unspecified atom stereocenters. The van der Waals surface area contributed by atoms with Crippen LogP contribution >= 0.6 is 0 Å². The van der Waals surface area contributed by atoms with Crippen molar-refractivity contribution >= 4 is 6.16 Å². The van der Waals surface area contributed by atoms with Gasteiger partial charge in [0, 0.05) is 0 Å². The van der Waals surface area contributed by atoms with E-state index in [1.807, 2.05) is 0 Å². The van der Waals surface area contributed by atoms with Gasteiger partial charge >= 0.3 is 6.16 Å². The maximum absolute atomic E-state index is 12.0. The first kappa shape index (κ1) is 23.3. The fourth-order valence-corrected chi connectivity index (χ4v) is 2.94. The van der Waals surface area contributed by atoms with Gasteiger partial charge in [-0.05, 0) is 38.5 Å². The Balaban J connectivity index is 3.90. The molecule has 0 aliphatic rings. The average Bonchev–Trinajstić information content (AvgIpc) is 2.59. The summed E-state index contributed by atoms with van der Waals surface area (Å²) >= 11 is 0. The standard InChI is InChI=1S/C21H42O3/c1-5-9-11-13-15-17-19(7-3)23-21(22)24-20(8-4)18-16-14-12-10-6-2/h19-20H,5-18H2,1-4H3. The maximum atomic E-state index is 12.0. The molecular weight excluding hydrogens is 300 g/mol. The Kier molecular flexibility index (Phi) is 16.6. The second-order valence-corrected chi connectivity index (χ2v) is 6.95. The van der Waals surface area contributed by atoms with Crippen LogP contribution in [0.5, 0.6) is 0 Å². The molecule has 0 heterocycles. The van der Waals surface area contributed by atoms with E-state index in [1.54, 1.807) is 0 Å². The molecule has 3 heteroatoms. The molecule has 0 amide bonds. The summed E-state index contributed by atoms with van der Waals surface area (Å²) in [5.41, 5.74) is 0. The zero-order valence-corrected chi connectivity index (χ0v) is 16.8. The number of ether oxygens (including phenoxy) is 2. The third-order valence-corrected chi connectivity index (χ3v) is 4.70. The van der Waals surface area contributed by atoms with Crippen molar-refractivity contribution in [3.05, 3.63) is 0 Å². The number of hydrogen-bond donors (Lipinski definition) is 0. The van der Waals surface area contributed by atoms with Crippen LogP contribution in [0.3, 0.4) is 0 Å². The highest BCUT2D eigenvalue weighted by molar-refractivity contribution is 5.60. The van der Waals surface area contributed by atoms with Gasteiger partial charge in [-0.2, -0.15) is 0 Å². The predicted octanol–water partition coefficient (Wildman–Crippen LogP) is 7.42. The van der Waals surface area contributed by atoms with E-state index in [-0.39, 0.29) is 12.2 Å². The zero-order valence-electron chi connectivity index (χ0n) is 16.8. The van der Waals surface area contributed by atoms with E-state index < -0.39 is 6.16 Å². The molecule has 0 bridgehead atoms. The molecule has 144 valence electrons. The molecule has 3 nitrogen and oxygen atoms in total. The third-order valence-electron chi connectivity index (χ3n) is 4.70. The lowest BCUT2D eigenvalue weighted by atomic mass is 10.1. The van der Waals surface area contributed by atoms with Gasteiger partial charge in [-0.1, -0.05) is 79.1 Å². The quantitative estimate of drug-likeness (QED) is 0.216. The topological polar surface area (TPSA) is 35.5 Å². The lowest BCUT2D eigenvalue weighted by Crippen LogP contribution is -2.23. The number of rotatable bonds is 16. The van der Waals surface area contributed by atoms with Gasteiger partial charge in [-0.3, -0.25) is 0 Å². The SMILES string of the molecule is CCCCCCCC(CC)OC(=O)OC(CC)CCCCCCC. The molecule has 0 aromatic heterocycles. The van der Waals surface area contributed by atoms with E-state index in [0.717, 1.165) is 38.5 Å². The minimum absolute atomic E-state index is 0.0150. The van der Waals surface area contributed by atoms with Crippen molar-refractivity contribution in [2.45, 2.75) is 130 Å². The molecule has 0 fully saturated rings. The minimum atomic E-state index is -0.462. The van der Waals surface area contributed by atoms with E-state index in [4.69, 9.17) is 9.47 Å². The van der Waals surface area contributed by atoms with Gasteiger partial charge in [0.1, 0.15) is 12.2 Å². The second-order valence-electron chi connectivity index (χ2n) is 6.95. The molecule has 0 spiro atoms.